The molecule has 1 fully saturated rings. The Kier molecular flexibility index (Phi) is 5.53. The van der Waals surface area contributed by atoms with Crippen molar-refractivity contribution in [3.63, 3.8) is 0 Å². The lowest BCUT2D eigenvalue weighted by Gasteiger charge is -2.28. The van der Waals surface area contributed by atoms with Gasteiger partial charge in [0.1, 0.15) is 0 Å². The molecule has 1 aliphatic heterocycles. The summed E-state index contributed by atoms with van der Waals surface area (Å²) in [5, 5.41) is 4.22. The molecular formula is C24H20BrN5S. The van der Waals surface area contributed by atoms with Crippen LogP contribution in [0.1, 0.15) is 29.2 Å². The van der Waals surface area contributed by atoms with E-state index in [2.05, 4.69) is 71.1 Å². The first-order valence-corrected chi connectivity index (χ1v) is 11.2. The summed E-state index contributed by atoms with van der Waals surface area (Å²) in [4.78, 5) is 11.4. The summed E-state index contributed by atoms with van der Waals surface area (Å²) in [6, 6.07) is 24.4. The van der Waals surface area contributed by atoms with Crippen LogP contribution in [-0.2, 0) is 6.54 Å². The number of hydrogen-bond acceptors (Lipinski definition) is 3. The standard InChI is InChI=1S/C24H20BrN5S/c25-17-7-5-9-19(15-17)29-14-6-11-21(29)23-22(20-10-2-4-13-27-20)28-24(31)30(23)16-18-8-1-3-12-26-18/h1-15,22-23H,16H2,(H,28,31)/t22-,23+/m0/s1. The van der Waals surface area contributed by atoms with Gasteiger partial charge in [0.05, 0.1) is 30.0 Å². The fourth-order valence-electron chi connectivity index (χ4n) is 4.06. The second-order valence-corrected chi connectivity index (χ2v) is 8.66. The molecule has 0 aliphatic carbocycles. The van der Waals surface area contributed by atoms with Gasteiger partial charge in [-0.2, -0.15) is 0 Å². The van der Waals surface area contributed by atoms with Gasteiger partial charge in [0.2, 0.25) is 0 Å². The number of nitrogens with zero attached hydrogens (tertiary/aromatic N) is 4. The number of hydrogen-bond donors (Lipinski definition) is 1. The van der Waals surface area contributed by atoms with Crippen LogP contribution in [0, 0.1) is 0 Å². The number of thiocarbonyl (C=S) groups is 1. The van der Waals surface area contributed by atoms with Crippen molar-refractivity contribution >= 4 is 33.3 Å². The predicted octanol–water partition coefficient (Wildman–Crippen LogP) is 5.20. The summed E-state index contributed by atoms with van der Waals surface area (Å²) in [5.74, 6) is 0. The van der Waals surface area contributed by atoms with E-state index in [-0.39, 0.29) is 12.1 Å². The zero-order valence-corrected chi connectivity index (χ0v) is 19.0. The lowest BCUT2D eigenvalue weighted by Crippen LogP contribution is -2.30. The van der Waals surface area contributed by atoms with Gasteiger partial charge in [-0.05, 0) is 66.8 Å². The molecule has 7 heteroatoms. The van der Waals surface area contributed by atoms with Gasteiger partial charge in [-0.15, -0.1) is 0 Å². The molecule has 5 nitrogen and oxygen atoms in total. The van der Waals surface area contributed by atoms with Crippen LogP contribution in [0.3, 0.4) is 0 Å². The van der Waals surface area contributed by atoms with Crippen LogP contribution in [0.15, 0.2) is 95.9 Å². The molecule has 1 saturated heterocycles. The van der Waals surface area contributed by atoms with Crippen LogP contribution >= 0.6 is 28.1 Å². The highest BCUT2D eigenvalue weighted by Gasteiger charge is 2.41. The summed E-state index contributed by atoms with van der Waals surface area (Å²) < 4.78 is 3.25. The van der Waals surface area contributed by atoms with E-state index in [1.165, 1.54) is 0 Å². The Morgan fingerprint density at radius 2 is 1.77 bits per heavy atom. The fraction of sp³-hybridized carbons (Fsp3) is 0.125. The fourth-order valence-corrected chi connectivity index (χ4v) is 4.75. The van der Waals surface area contributed by atoms with Crippen LogP contribution < -0.4 is 5.32 Å². The molecule has 0 spiro atoms. The maximum Gasteiger partial charge on any atom is 0.170 e. The van der Waals surface area contributed by atoms with Gasteiger partial charge in [-0.25, -0.2) is 0 Å². The summed E-state index contributed by atoms with van der Waals surface area (Å²) in [6.07, 6.45) is 5.73. The normalized spacial score (nSPS) is 18.2. The first kappa shape index (κ1) is 19.9. The van der Waals surface area contributed by atoms with Crippen LogP contribution in [0.4, 0.5) is 0 Å². The maximum absolute atomic E-state index is 5.79. The SMILES string of the molecule is S=C1N[C@@H](c2ccccn2)[C@@H](c2cccn2-c2cccc(Br)c2)N1Cc1ccccn1. The zero-order valence-electron chi connectivity index (χ0n) is 16.6. The molecule has 1 aromatic carbocycles. The molecule has 5 rings (SSSR count). The molecule has 4 aromatic rings. The minimum atomic E-state index is -0.0711. The Hall–Kier alpha value is -3.03. The number of rotatable bonds is 5. The number of halogens is 1. The Balaban J connectivity index is 1.61. The molecule has 0 saturated carbocycles. The monoisotopic (exact) mass is 489 g/mol. The molecular weight excluding hydrogens is 470 g/mol. The second kappa shape index (κ2) is 8.61. The molecule has 2 atom stereocenters. The quantitative estimate of drug-likeness (QED) is 0.390. The van der Waals surface area contributed by atoms with E-state index in [4.69, 9.17) is 12.2 Å². The van der Waals surface area contributed by atoms with Crippen LogP contribution in [-0.4, -0.2) is 24.5 Å². The zero-order chi connectivity index (χ0) is 21.2. The van der Waals surface area contributed by atoms with Crippen LogP contribution in [0.2, 0.25) is 0 Å². The van der Waals surface area contributed by atoms with Crippen molar-refractivity contribution in [1.29, 1.82) is 0 Å². The average molecular weight is 490 g/mol. The minimum Gasteiger partial charge on any atom is -0.352 e. The highest BCUT2D eigenvalue weighted by atomic mass is 79.9. The number of benzene rings is 1. The van der Waals surface area contributed by atoms with E-state index in [1.807, 2.05) is 60.9 Å². The van der Waals surface area contributed by atoms with Crippen molar-refractivity contribution in [3.05, 3.63) is 113 Å². The van der Waals surface area contributed by atoms with Crippen molar-refractivity contribution in [2.45, 2.75) is 18.6 Å². The van der Waals surface area contributed by atoms with Crippen molar-refractivity contribution in [3.8, 4) is 5.69 Å². The highest BCUT2D eigenvalue weighted by molar-refractivity contribution is 9.10. The molecule has 0 amide bonds. The van der Waals surface area contributed by atoms with E-state index in [1.54, 1.807) is 0 Å². The lowest BCUT2D eigenvalue weighted by molar-refractivity contribution is 0.299. The van der Waals surface area contributed by atoms with Gasteiger partial charge < -0.3 is 14.8 Å². The number of aromatic nitrogens is 3. The Labute approximate surface area is 194 Å². The third kappa shape index (κ3) is 3.98. The lowest BCUT2D eigenvalue weighted by atomic mass is 10.0. The molecule has 0 radical (unpaired) electrons. The van der Waals surface area contributed by atoms with Crippen molar-refractivity contribution in [2.75, 3.05) is 0 Å². The van der Waals surface area contributed by atoms with Gasteiger partial charge in [0.25, 0.3) is 0 Å². The third-order valence-electron chi connectivity index (χ3n) is 5.43. The molecule has 4 heterocycles. The van der Waals surface area contributed by atoms with Gasteiger partial charge >= 0.3 is 0 Å². The molecule has 1 aliphatic rings. The first-order valence-electron chi connectivity index (χ1n) is 10.0. The third-order valence-corrected chi connectivity index (χ3v) is 6.27. The minimum absolute atomic E-state index is 0.0432. The van der Waals surface area contributed by atoms with Crippen molar-refractivity contribution < 1.29 is 0 Å². The molecule has 31 heavy (non-hydrogen) atoms. The van der Waals surface area contributed by atoms with Gasteiger partial charge in [-0.3, -0.25) is 9.97 Å². The number of nitrogens with one attached hydrogen (secondary N) is 1. The van der Waals surface area contributed by atoms with E-state index in [0.29, 0.717) is 11.7 Å². The summed E-state index contributed by atoms with van der Waals surface area (Å²) >= 11 is 9.39. The smallest absolute Gasteiger partial charge is 0.170 e. The Morgan fingerprint density at radius 3 is 2.52 bits per heavy atom. The summed E-state index contributed by atoms with van der Waals surface area (Å²) in [7, 11) is 0. The van der Waals surface area contributed by atoms with Gasteiger partial charge in [0, 0.05) is 34.4 Å². The molecule has 0 unspecified atom stereocenters. The van der Waals surface area contributed by atoms with E-state index >= 15 is 0 Å². The summed E-state index contributed by atoms with van der Waals surface area (Å²) in [6.45, 7) is 0.615. The first-order chi connectivity index (χ1) is 15.2. The van der Waals surface area contributed by atoms with E-state index < -0.39 is 0 Å². The predicted molar refractivity (Wildman–Crippen MR) is 129 cm³/mol. The van der Waals surface area contributed by atoms with E-state index in [0.717, 1.165) is 27.2 Å². The van der Waals surface area contributed by atoms with E-state index in [9.17, 15) is 0 Å². The highest BCUT2D eigenvalue weighted by Crippen LogP contribution is 2.40. The van der Waals surface area contributed by atoms with Gasteiger partial charge in [0.15, 0.2) is 5.11 Å². The van der Waals surface area contributed by atoms with Gasteiger partial charge in [-0.1, -0.05) is 34.1 Å². The Bertz CT molecular complexity index is 1190. The summed E-state index contributed by atoms with van der Waals surface area (Å²) in [5.41, 5.74) is 4.15. The molecule has 154 valence electrons. The Morgan fingerprint density at radius 1 is 0.935 bits per heavy atom. The average Bonchev–Trinajstić information content (AvgIpc) is 3.40. The van der Waals surface area contributed by atoms with Crippen LogP contribution in [0.5, 0.6) is 0 Å². The number of pyridine rings is 2. The van der Waals surface area contributed by atoms with Crippen LogP contribution in [0.25, 0.3) is 5.69 Å². The topological polar surface area (TPSA) is 46.0 Å². The molecule has 0 bridgehead atoms. The molecule has 3 aromatic heterocycles. The molecule has 1 N–H and O–H groups in total. The van der Waals surface area contributed by atoms with Crippen molar-refractivity contribution in [2.24, 2.45) is 0 Å². The largest absolute Gasteiger partial charge is 0.352 e. The second-order valence-electron chi connectivity index (χ2n) is 7.36. The van der Waals surface area contributed by atoms with Crippen molar-refractivity contribution in [1.82, 2.24) is 24.8 Å². The maximum atomic E-state index is 5.79.